The van der Waals surface area contributed by atoms with Gasteiger partial charge in [0, 0.05) is 55.8 Å². The number of sulfonamides is 1. The molecule has 2 heterocycles. The third-order valence-corrected chi connectivity index (χ3v) is 9.59. The number of nitrogens with one attached hydrogen (secondary N) is 1. The number of hydrazone groups is 1. The molecule has 1 fully saturated rings. The van der Waals surface area contributed by atoms with Crippen molar-refractivity contribution < 1.29 is 18.3 Å². The fourth-order valence-corrected chi connectivity index (χ4v) is 7.08. The van der Waals surface area contributed by atoms with Gasteiger partial charge in [0.25, 0.3) is 11.4 Å². The summed E-state index contributed by atoms with van der Waals surface area (Å²) < 4.78 is 30.3. The summed E-state index contributed by atoms with van der Waals surface area (Å²) in [6.45, 7) is 4.19. The van der Waals surface area contributed by atoms with E-state index in [0.717, 1.165) is 17.8 Å². The van der Waals surface area contributed by atoms with Crippen molar-refractivity contribution in [3.8, 4) is 0 Å². The van der Waals surface area contributed by atoms with Crippen molar-refractivity contribution >= 4 is 45.1 Å². The first-order valence-corrected chi connectivity index (χ1v) is 14.3. The first kappa shape index (κ1) is 28.2. The van der Waals surface area contributed by atoms with Crippen molar-refractivity contribution in [3.05, 3.63) is 74.6 Å². The molecule has 0 unspecified atom stereocenters. The number of nitro groups is 2. The predicted octanol–water partition coefficient (Wildman–Crippen LogP) is 4.64. The lowest BCUT2D eigenvalue weighted by Gasteiger charge is -2.35. The van der Waals surface area contributed by atoms with Gasteiger partial charge in [-0.3, -0.25) is 25.7 Å². The number of benzene rings is 2. The minimum atomic E-state index is -4.08. The van der Waals surface area contributed by atoms with Gasteiger partial charge in [-0.05, 0) is 49.6 Å². The maximum absolute atomic E-state index is 13.6. The molecule has 0 radical (unpaired) electrons. The van der Waals surface area contributed by atoms with Gasteiger partial charge >= 0.3 is 0 Å². The van der Waals surface area contributed by atoms with E-state index in [1.807, 2.05) is 6.92 Å². The average Bonchev–Trinajstić information content (AvgIpc) is 3.28. The van der Waals surface area contributed by atoms with Crippen LogP contribution in [0.2, 0.25) is 0 Å². The standard InChI is InChI=1S/C24H27N7O6S2/c1-16-8-10-29(17(2)12-16)39(36,37)23-14-19(30(32)33)5-6-20(23)27-26-15-18-4-7-22(21(13-18)31(34)35)38-24-25-9-11-28(24)3/h4-7,9,11,13-17,27H,8,10,12H2,1-3H3/b26-15-/t16-,17-/m0/s1. The molecule has 13 nitrogen and oxygen atoms in total. The molecule has 0 aliphatic carbocycles. The van der Waals surface area contributed by atoms with Gasteiger partial charge in [-0.1, -0.05) is 13.0 Å². The number of hydrogen-bond donors (Lipinski definition) is 1. The van der Waals surface area contributed by atoms with E-state index in [9.17, 15) is 28.6 Å². The number of anilines is 1. The van der Waals surface area contributed by atoms with Crippen LogP contribution >= 0.6 is 11.8 Å². The van der Waals surface area contributed by atoms with Crippen molar-refractivity contribution in [2.24, 2.45) is 18.1 Å². The van der Waals surface area contributed by atoms with E-state index < -0.39 is 19.9 Å². The summed E-state index contributed by atoms with van der Waals surface area (Å²) >= 11 is 1.15. The second kappa shape index (κ2) is 11.5. The lowest BCUT2D eigenvalue weighted by Crippen LogP contribution is -2.44. The number of nitrogens with zero attached hydrogens (tertiary/aromatic N) is 6. The van der Waals surface area contributed by atoms with E-state index >= 15 is 0 Å². The summed E-state index contributed by atoms with van der Waals surface area (Å²) in [5, 5.41) is 27.8. The van der Waals surface area contributed by atoms with E-state index in [2.05, 4.69) is 22.4 Å². The fourth-order valence-electron chi connectivity index (χ4n) is 4.37. The number of hydrogen-bond acceptors (Lipinski definition) is 10. The molecule has 1 N–H and O–H groups in total. The van der Waals surface area contributed by atoms with E-state index in [1.165, 1.54) is 28.7 Å². The quantitative estimate of drug-likeness (QED) is 0.218. The summed E-state index contributed by atoms with van der Waals surface area (Å²) in [5.74, 6) is 0.372. The SMILES string of the molecule is C[C@H]1CCN(S(=O)(=O)c2cc([N+](=O)[O-])ccc2N/N=C\c2ccc(Sc3nccn3C)c([N+](=O)[O-])c2)[C@@H](C)C1. The van der Waals surface area contributed by atoms with E-state index in [-0.39, 0.29) is 28.0 Å². The molecule has 1 aliphatic rings. The smallest absolute Gasteiger partial charge is 0.283 e. The van der Waals surface area contributed by atoms with Crippen LogP contribution < -0.4 is 5.43 Å². The summed E-state index contributed by atoms with van der Waals surface area (Å²) in [6.07, 6.45) is 6.01. The van der Waals surface area contributed by atoms with Crippen LogP contribution in [0.5, 0.6) is 0 Å². The molecule has 206 valence electrons. The Kier molecular flexibility index (Phi) is 8.32. The summed E-state index contributed by atoms with van der Waals surface area (Å²) in [7, 11) is -2.29. The highest BCUT2D eigenvalue weighted by molar-refractivity contribution is 7.99. The average molecular weight is 574 g/mol. The zero-order chi connectivity index (χ0) is 28.3. The topological polar surface area (TPSA) is 166 Å². The fraction of sp³-hybridized carbons (Fsp3) is 0.333. The molecule has 0 saturated carbocycles. The second-order valence-electron chi connectivity index (χ2n) is 9.31. The number of non-ortho nitro benzene ring substituents is 1. The lowest BCUT2D eigenvalue weighted by atomic mass is 9.95. The number of aromatic nitrogens is 2. The van der Waals surface area contributed by atoms with Crippen molar-refractivity contribution in [2.75, 3.05) is 12.0 Å². The Balaban J connectivity index is 1.61. The molecule has 1 aromatic heterocycles. The predicted molar refractivity (Wildman–Crippen MR) is 146 cm³/mol. The third-order valence-electron chi connectivity index (χ3n) is 6.40. The molecule has 4 rings (SSSR count). The van der Waals surface area contributed by atoms with Crippen LogP contribution in [0.1, 0.15) is 32.3 Å². The molecule has 0 spiro atoms. The van der Waals surface area contributed by atoms with Crippen LogP contribution in [-0.4, -0.2) is 50.9 Å². The Bertz CT molecular complexity index is 1540. The van der Waals surface area contributed by atoms with E-state index in [0.29, 0.717) is 40.9 Å². The van der Waals surface area contributed by atoms with Crippen molar-refractivity contribution in [1.29, 1.82) is 0 Å². The molecular formula is C24H27N7O6S2. The number of aryl methyl sites for hydroxylation is 1. The third kappa shape index (κ3) is 6.26. The normalized spacial score (nSPS) is 18.3. The minimum Gasteiger partial charge on any atom is -0.329 e. The number of piperidine rings is 1. The minimum absolute atomic E-state index is 0.0547. The summed E-state index contributed by atoms with van der Waals surface area (Å²) in [4.78, 5) is 26.2. The molecule has 2 atom stereocenters. The Morgan fingerprint density at radius 3 is 2.56 bits per heavy atom. The molecule has 39 heavy (non-hydrogen) atoms. The van der Waals surface area contributed by atoms with Crippen LogP contribution in [0.4, 0.5) is 17.1 Å². The molecule has 0 bridgehead atoms. The second-order valence-corrected chi connectivity index (χ2v) is 12.2. The highest BCUT2D eigenvalue weighted by atomic mass is 32.2. The Hall–Kier alpha value is -3.82. The van der Waals surface area contributed by atoms with Gasteiger partial charge < -0.3 is 4.57 Å². The molecule has 1 aliphatic heterocycles. The zero-order valence-corrected chi connectivity index (χ0v) is 23.1. The molecule has 15 heteroatoms. The van der Waals surface area contributed by atoms with Crippen LogP contribution in [0, 0.1) is 26.1 Å². The Labute approximate surface area is 229 Å². The zero-order valence-electron chi connectivity index (χ0n) is 21.4. The number of imidazole rings is 1. The molecular weight excluding hydrogens is 546 g/mol. The van der Waals surface area contributed by atoms with Crippen LogP contribution in [-0.2, 0) is 17.1 Å². The van der Waals surface area contributed by atoms with Crippen molar-refractivity contribution in [3.63, 3.8) is 0 Å². The number of rotatable bonds is 9. The Morgan fingerprint density at radius 1 is 1.15 bits per heavy atom. The van der Waals surface area contributed by atoms with Crippen LogP contribution in [0.25, 0.3) is 0 Å². The van der Waals surface area contributed by atoms with Gasteiger partial charge in [-0.15, -0.1) is 0 Å². The summed E-state index contributed by atoms with van der Waals surface area (Å²) in [6, 6.07) is 7.79. The van der Waals surface area contributed by atoms with E-state index in [4.69, 9.17) is 0 Å². The molecule has 2 aromatic carbocycles. The van der Waals surface area contributed by atoms with Gasteiger partial charge in [0.15, 0.2) is 5.16 Å². The summed E-state index contributed by atoms with van der Waals surface area (Å²) in [5.41, 5.74) is 2.60. The lowest BCUT2D eigenvalue weighted by molar-refractivity contribution is -0.387. The van der Waals surface area contributed by atoms with Crippen LogP contribution in [0.3, 0.4) is 0 Å². The van der Waals surface area contributed by atoms with Gasteiger partial charge in [-0.2, -0.15) is 9.41 Å². The van der Waals surface area contributed by atoms with Crippen molar-refractivity contribution in [2.45, 2.75) is 47.7 Å². The number of nitro benzene ring substituents is 2. The molecule has 1 saturated heterocycles. The van der Waals surface area contributed by atoms with Gasteiger partial charge in [0.1, 0.15) is 4.90 Å². The van der Waals surface area contributed by atoms with Crippen LogP contribution in [0.15, 0.2) is 68.8 Å². The largest absolute Gasteiger partial charge is 0.329 e. The van der Waals surface area contributed by atoms with Crippen molar-refractivity contribution in [1.82, 2.24) is 13.9 Å². The van der Waals surface area contributed by atoms with E-state index in [1.54, 1.807) is 36.1 Å². The van der Waals surface area contributed by atoms with Gasteiger partial charge in [0.05, 0.1) is 26.6 Å². The maximum Gasteiger partial charge on any atom is 0.283 e. The Morgan fingerprint density at radius 2 is 1.92 bits per heavy atom. The maximum atomic E-state index is 13.6. The molecule has 0 amide bonds. The van der Waals surface area contributed by atoms with Gasteiger partial charge in [0.2, 0.25) is 10.0 Å². The first-order valence-electron chi connectivity index (χ1n) is 12.0. The molecule has 3 aromatic rings. The highest BCUT2D eigenvalue weighted by Gasteiger charge is 2.35. The first-order chi connectivity index (χ1) is 18.5. The highest BCUT2D eigenvalue weighted by Crippen LogP contribution is 2.35. The monoisotopic (exact) mass is 573 g/mol. The van der Waals surface area contributed by atoms with Gasteiger partial charge in [-0.25, -0.2) is 13.4 Å².